The van der Waals surface area contributed by atoms with Crippen molar-refractivity contribution in [2.45, 2.75) is 76.9 Å². The number of aromatic amines is 1. The van der Waals surface area contributed by atoms with Crippen molar-refractivity contribution in [3.63, 3.8) is 0 Å². The first-order valence-corrected chi connectivity index (χ1v) is 12.4. The van der Waals surface area contributed by atoms with Gasteiger partial charge in [-0.2, -0.15) is 0 Å². The summed E-state index contributed by atoms with van der Waals surface area (Å²) in [7, 11) is 0. The topological polar surface area (TPSA) is 120 Å². The second-order valence-corrected chi connectivity index (χ2v) is 11.4. The third kappa shape index (κ3) is 5.54. The Morgan fingerprint density at radius 2 is 1.89 bits per heavy atom. The second kappa shape index (κ2) is 9.81. The fourth-order valence-corrected chi connectivity index (χ4v) is 5.23. The first-order valence-electron chi connectivity index (χ1n) is 12.4. The molecule has 8 heteroatoms. The van der Waals surface area contributed by atoms with E-state index in [0.717, 1.165) is 36.2 Å². The lowest BCUT2D eigenvalue weighted by molar-refractivity contribution is -0.208. The molecule has 36 heavy (non-hydrogen) atoms. The summed E-state index contributed by atoms with van der Waals surface area (Å²) in [5, 5.41) is 23.0. The highest BCUT2D eigenvalue weighted by atomic mass is 16.5. The van der Waals surface area contributed by atoms with E-state index in [0.29, 0.717) is 24.2 Å². The molecule has 2 aromatic rings. The van der Waals surface area contributed by atoms with Crippen LogP contribution in [0.3, 0.4) is 0 Å². The number of hydrogen-bond acceptors (Lipinski definition) is 6. The number of carbonyl (C=O) groups is 1. The van der Waals surface area contributed by atoms with E-state index in [1.807, 2.05) is 26.0 Å². The van der Waals surface area contributed by atoms with Gasteiger partial charge in [-0.05, 0) is 75.0 Å². The van der Waals surface area contributed by atoms with Crippen LogP contribution < -0.4 is 5.32 Å². The fraction of sp³-hybridized carbons (Fsp3) is 0.536. The number of imidazole rings is 1. The summed E-state index contributed by atoms with van der Waals surface area (Å²) < 4.78 is 6.10. The fourth-order valence-electron chi connectivity index (χ4n) is 5.23. The second-order valence-electron chi connectivity index (χ2n) is 11.4. The summed E-state index contributed by atoms with van der Waals surface area (Å²) in [4.78, 5) is 24.9. The number of amides is 1. The first-order chi connectivity index (χ1) is 17.0. The average Bonchev–Trinajstić information content (AvgIpc) is 3.34. The van der Waals surface area contributed by atoms with Gasteiger partial charge in [-0.1, -0.05) is 19.9 Å². The number of H-pyrrole nitrogens is 1. The Morgan fingerprint density at radius 1 is 1.19 bits per heavy atom. The zero-order valence-corrected chi connectivity index (χ0v) is 21.5. The van der Waals surface area contributed by atoms with E-state index in [2.05, 4.69) is 41.1 Å². The van der Waals surface area contributed by atoms with Crippen molar-refractivity contribution in [1.82, 2.24) is 15.0 Å². The summed E-state index contributed by atoms with van der Waals surface area (Å²) >= 11 is 0. The van der Waals surface area contributed by atoms with Gasteiger partial charge < -0.3 is 25.3 Å². The molecule has 0 saturated carbocycles. The number of anilines is 1. The van der Waals surface area contributed by atoms with Crippen LogP contribution in [0.25, 0.3) is 5.57 Å². The van der Waals surface area contributed by atoms with Crippen LogP contribution in [0.4, 0.5) is 5.69 Å². The number of pyridine rings is 1. The standard InChI is InChI=1S/C28H36N4O4/c1-6-20-15-29-24(30-20)25(35)32-22-8-7-21(31-23(22)18-9-11-26(2,3)12-10-18)19-13-27(4,16-33)36-28(5,14-19)17-34/h1,7-9,15,19,33-34H,10-14,16-17H2,2-5H3,(H,29,30)(H,32,35)/t19?,27-,28+. The normalized spacial score (nSPS) is 27.7. The molecular formula is C28H36N4O4. The van der Waals surface area contributed by atoms with Crippen LogP contribution in [-0.2, 0) is 4.74 Å². The van der Waals surface area contributed by atoms with Crippen LogP contribution in [0.15, 0.2) is 24.4 Å². The third-order valence-electron chi connectivity index (χ3n) is 7.32. The average molecular weight is 493 g/mol. The molecule has 0 spiro atoms. The van der Waals surface area contributed by atoms with E-state index in [4.69, 9.17) is 16.1 Å². The number of terminal acetylenes is 1. The van der Waals surface area contributed by atoms with E-state index in [9.17, 15) is 15.0 Å². The van der Waals surface area contributed by atoms with Crippen LogP contribution in [0.2, 0.25) is 0 Å². The third-order valence-corrected chi connectivity index (χ3v) is 7.32. The number of rotatable bonds is 6. The number of ether oxygens (including phenoxy) is 1. The molecule has 1 unspecified atom stereocenters. The predicted octanol–water partition coefficient (Wildman–Crippen LogP) is 4.03. The molecule has 1 aliphatic carbocycles. The van der Waals surface area contributed by atoms with Gasteiger partial charge in [-0.3, -0.25) is 9.78 Å². The molecule has 3 atom stereocenters. The van der Waals surface area contributed by atoms with Gasteiger partial charge >= 0.3 is 0 Å². The number of hydrogen-bond donors (Lipinski definition) is 4. The Labute approximate surface area is 212 Å². The highest BCUT2D eigenvalue weighted by molar-refractivity contribution is 6.03. The molecule has 1 aliphatic heterocycles. The quantitative estimate of drug-likeness (QED) is 0.452. The van der Waals surface area contributed by atoms with Crippen molar-refractivity contribution in [2.75, 3.05) is 18.5 Å². The molecule has 0 bridgehead atoms. The smallest absolute Gasteiger partial charge is 0.291 e. The number of nitrogens with zero attached hydrogens (tertiary/aromatic N) is 2. The number of carbonyl (C=O) groups excluding carboxylic acids is 1. The van der Waals surface area contributed by atoms with Crippen molar-refractivity contribution < 1.29 is 19.7 Å². The molecule has 1 fully saturated rings. The monoisotopic (exact) mass is 492 g/mol. The summed E-state index contributed by atoms with van der Waals surface area (Å²) in [5.41, 5.74) is 2.31. The van der Waals surface area contributed by atoms with Crippen LogP contribution in [0, 0.1) is 17.8 Å². The molecule has 4 N–H and O–H groups in total. The molecule has 3 heterocycles. The summed E-state index contributed by atoms with van der Waals surface area (Å²) in [6, 6.07) is 3.79. The minimum absolute atomic E-state index is 0.0274. The zero-order chi connectivity index (χ0) is 26.1. The lowest BCUT2D eigenvalue weighted by Crippen LogP contribution is -2.51. The Balaban J connectivity index is 1.71. The molecule has 0 radical (unpaired) electrons. The van der Waals surface area contributed by atoms with Gasteiger partial charge in [0.25, 0.3) is 5.91 Å². The molecule has 0 aromatic carbocycles. The van der Waals surface area contributed by atoms with Crippen LogP contribution >= 0.6 is 0 Å². The van der Waals surface area contributed by atoms with Crippen molar-refractivity contribution in [2.24, 2.45) is 5.41 Å². The van der Waals surface area contributed by atoms with Gasteiger partial charge in [0, 0.05) is 17.8 Å². The summed E-state index contributed by atoms with van der Waals surface area (Å²) in [6.45, 7) is 7.93. The van der Waals surface area contributed by atoms with E-state index < -0.39 is 17.1 Å². The molecule has 1 saturated heterocycles. The number of aliphatic hydroxyl groups is 2. The van der Waals surface area contributed by atoms with E-state index in [1.54, 1.807) is 0 Å². The Morgan fingerprint density at radius 3 is 2.44 bits per heavy atom. The van der Waals surface area contributed by atoms with Crippen molar-refractivity contribution in [3.8, 4) is 12.3 Å². The van der Waals surface area contributed by atoms with Crippen LogP contribution in [0.5, 0.6) is 0 Å². The van der Waals surface area contributed by atoms with Crippen LogP contribution in [-0.4, -0.2) is 55.5 Å². The predicted molar refractivity (Wildman–Crippen MR) is 138 cm³/mol. The minimum atomic E-state index is -0.780. The minimum Gasteiger partial charge on any atom is -0.393 e. The Hall–Kier alpha value is -2.99. The molecular weight excluding hydrogens is 456 g/mol. The van der Waals surface area contributed by atoms with Crippen molar-refractivity contribution >= 4 is 17.2 Å². The lowest BCUT2D eigenvalue weighted by Gasteiger charge is -2.47. The molecule has 8 nitrogen and oxygen atoms in total. The first kappa shape index (κ1) is 26.1. The number of aromatic nitrogens is 3. The molecule has 192 valence electrons. The Bertz CT molecular complexity index is 1190. The van der Waals surface area contributed by atoms with Gasteiger partial charge in [0.15, 0.2) is 5.82 Å². The van der Waals surface area contributed by atoms with Crippen molar-refractivity contribution in [3.05, 3.63) is 47.3 Å². The largest absolute Gasteiger partial charge is 0.393 e. The SMILES string of the molecule is C#Cc1c[nH]c(C(=O)Nc2ccc(C3C[C@](C)(CO)O[C@](C)(CO)C3)nc2C2=CCC(C)(C)CC2)n1. The summed E-state index contributed by atoms with van der Waals surface area (Å²) in [6.07, 6.45) is 13.1. The maximum absolute atomic E-state index is 12.9. The number of nitrogens with one attached hydrogen (secondary N) is 2. The van der Waals surface area contributed by atoms with Gasteiger partial charge in [0.2, 0.25) is 0 Å². The van der Waals surface area contributed by atoms with Gasteiger partial charge in [0.1, 0.15) is 5.69 Å². The maximum Gasteiger partial charge on any atom is 0.291 e. The molecule has 2 aromatic heterocycles. The Kier molecular flexibility index (Phi) is 7.11. The van der Waals surface area contributed by atoms with E-state index in [1.165, 1.54) is 6.20 Å². The molecule has 4 rings (SSSR count). The zero-order valence-electron chi connectivity index (χ0n) is 21.5. The molecule has 2 aliphatic rings. The maximum atomic E-state index is 12.9. The highest BCUT2D eigenvalue weighted by Gasteiger charge is 2.45. The van der Waals surface area contributed by atoms with Crippen molar-refractivity contribution in [1.29, 1.82) is 0 Å². The van der Waals surface area contributed by atoms with Gasteiger partial charge in [0.05, 0.1) is 35.8 Å². The molecule has 1 amide bonds. The highest BCUT2D eigenvalue weighted by Crippen LogP contribution is 2.44. The lowest BCUT2D eigenvalue weighted by atomic mass is 9.77. The van der Waals surface area contributed by atoms with Gasteiger partial charge in [-0.25, -0.2) is 4.98 Å². The van der Waals surface area contributed by atoms with Gasteiger partial charge in [-0.15, -0.1) is 6.42 Å². The number of aliphatic hydroxyl groups excluding tert-OH is 2. The van der Waals surface area contributed by atoms with Crippen LogP contribution in [0.1, 0.15) is 93.4 Å². The van der Waals surface area contributed by atoms with E-state index >= 15 is 0 Å². The number of allylic oxidation sites excluding steroid dienone is 2. The van der Waals surface area contributed by atoms with E-state index in [-0.39, 0.29) is 30.4 Å². The summed E-state index contributed by atoms with van der Waals surface area (Å²) in [5.74, 6) is 2.13.